The summed E-state index contributed by atoms with van der Waals surface area (Å²) in [5.41, 5.74) is 3.01. The van der Waals surface area contributed by atoms with Crippen LogP contribution in [-0.2, 0) is 17.8 Å². The van der Waals surface area contributed by atoms with Crippen LogP contribution in [-0.4, -0.2) is 40.6 Å². The molecule has 29 heavy (non-hydrogen) atoms. The smallest absolute Gasteiger partial charge is 0.337 e. The molecule has 5 nitrogen and oxygen atoms in total. The van der Waals surface area contributed by atoms with Gasteiger partial charge in [0.1, 0.15) is 5.82 Å². The summed E-state index contributed by atoms with van der Waals surface area (Å²) >= 11 is 0. The van der Waals surface area contributed by atoms with Gasteiger partial charge in [0.25, 0.3) is 0 Å². The third-order valence-corrected chi connectivity index (χ3v) is 5.69. The van der Waals surface area contributed by atoms with Crippen LogP contribution in [0.5, 0.6) is 0 Å². The molecule has 0 spiro atoms. The molecule has 0 atom stereocenters. The van der Waals surface area contributed by atoms with E-state index in [4.69, 9.17) is 4.74 Å². The molecule has 0 unspecified atom stereocenters. The van der Waals surface area contributed by atoms with Gasteiger partial charge in [0.2, 0.25) is 0 Å². The molecule has 150 valence electrons. The van der Waals surface area contributed by atoms with Crippen molar-refractivity contribution >= 4 is 5.97 Å². The largest absolute Gasteiger partial charge is 0.465 e. The number of hydrogen-bond acceptors (Lipinski definition) is 4. The highest BCUT2D eigenvalue weighted by Crippen LogP contribution is 2.24. The summed E-state index contributed by atoms with van der Waals surface area (Å²) < 4.78 is 7.05. The lowest BCUT2D eigenvalue weighted by atomic mass is 9.96. The fourth-order valence-corrected chi connectivity index (χ4v) is 4.03. The number of benzene rings is 2. The average Bonchev–Trinajstić information content (AvgIpc) is 3.24. The Bertz CT molecular complexity index is 926. The molecule has 3 aromatic rings. The van der Waals surface area contributed by atoms with Crippen molar-refractivity contribution in [2.24, 2.45) is 5.92 Å². The van der Waals surface area contributed by atoms with E-state index in [-0.39, 0.29) is 5.97 Å². The molecule has 0 saturated carbocycles. The third kappa shape index (κ3) is 4.74. The quantitative estimate of drug-likeness (QED) is 0.592. The number of likely N-dealkylation sites (tertiary alicyclic amines) is 1. The summed E-state index contributed by atoms with van der Waals surface area (Å²) in [5, 5.41) is 0. The summed E-state index contributed by atoms with van der Waals surface area (Å²) in [6.07, 6.45) is 6.37. The van der Waals surface area contributed by atoms with Gasteiger partial charge in [-0.25, -0.2) is 9.78 Å². The number of rotatable bonds is 6. The van der Waals surface area contributed by atoms with E-state index >= 15 is 0 Å². The monoisotopic (exact) mass is 389 g/mol. The van der Waals surface area contributed by atoms with Crippen LogP contribution in [0.25, 0.3) is 11.4 Å². The molecule has 1 aliphatic heterocycles. The fraction of sp³-hybridized carbons (Fsp3) is 0.333. The lowest BCUT2D eigenvalue weighted by Gasteiger charge is -2.32. The van der Waals surface area contributed by atoms with Gasteiger partial charge in [-0.2, -0.15) is 0 Å². The average molecular weight is 389 g/mol. The van der Waals surface area contributed by atoms with E-state index < -0.39 is 0 Å². The lowest BCUT2D eigenvalue weighted by Crippen LogP contribution is -2.34. The molecule has 0 radical (unpaired) electrons. The van der Waals surface area contributed by atoms with Gasteiger partial charge < -0.3 is 9.30 Å². The van der Waals surface area contributed by atoms with Gasteiger partial charge in [-0.15, -0.1) is 0 Å². The minimum atomic E-state index is -0.285. The Morgan fingerprint density at radius 2 is 1.79 bits per heavy atom. The summed E-state index contributed by atoms with van der Waals surface area (Å²) in [5.74, 6) is 1.44. The maximum absolute atomic E-state index is 11.6. The van der Waals surface area contributed by atoms with E-state index in [1.165, 1.54) is 31.1 Å². The van der Waals surface area contributed by atoms with Crippen molar-refractivity contribution in [3.05, 3.63) is 78.1 Å². The summed E-state index contributed by atoms with van der Waals surface area (Å²) in [4.78, 5) is 18.6. The number of piperidine rings is 1. The molecular weight excluding hydrogens is 362 g/mol. The molecule has 1 aromatic heterocycles. The van der Waals surface area contributed by atoms with E-state index in [1.807, 2.05) is 36.5 Å². The van der Waals surface area contributed by atoms with Gasteiger partial charge in [-0.05, 0) is 49.5 Å². The van der Waals surface area contributed by atoms with Crippen molar-refractivity contribution in [1.29, 1.82) is 0 Å². The third-order valence-electron chi connectivity index (χ3n) is 5.69. The zero-order chi connectivity index (χ0) is 20.1. The molecule has 1 saturated heterocycles. The van der Waals surface area contributed by atoms with Crippen LogP contribution in [0.15, 0.2) is 67.0 Å². The second kappa shape index (κ2) is 9.05. The van der Waals surface area contributed by atoms with Gasteiger partial charge in [0, 0.05) is 31.0 Å². The Morgan fingerprint density at radius 3 is 2.48 bits per heavy atom. The Balaban J connectivity index is 1.30. The van der Waals surface area contributed by atoms with E-state index in [0.717, 1.165) is 32.0 Å². The molecule has 2 heterocycles. The van der Waals surface area contributed by atoms with E-state index in [0.29, 0.717) is 11.5 Å². The van der Waals surface area contributed by atoms with E-state index in [9.17, 15) is 4.79 Å². The number of carbonyl (C=O) groups is 1. The van der Waals surface area contributed by atoms with Crippen LogP contribution in [0.3, 0.4) is 0 Å². The van der Waals surface area contributed by atoms with Crippen molar-refractivity contribution in [3.63, 3.8) is 0 Å². The first-order chi connectivity index (χ1) is 14.2. The van der Waals surface area contributed by atoms with Crippen LogP contribution in [0.2, 0.25) is 0 Å². The summed E-state index contributed by atoms with van der Waals surface area (Å²) in [6, 6.07) is 18.1. The molecule has 0 amide bonds. The number of aromatic nitrogens is 2. The highest BCUT2D eigenvalue weighted by molar-refractivity contribution is 5.89. The zero-order valence-corrected chi connectivity index (χ0v) is 16.8. The number of carbonyl (C=O) groups excluding carboxylic acids is 1. The van der Waals surface area contributed by atoms with Gasteiger partial charge in [-0.1, -0.05) is 42.5 Å². The second-order valence-electron chi connectivity index (χ2n) is 7.68. The van der Waals surface area contributed by atoms with Crippen molar-refractivity contribution in [3.8, 4) is 11.4 Å². The molecule has 1 fully saturated rings. The van der Waals surface area contributed by atoms with Crippen molar-refractivity contribution in [2.75, 3.05) is 20.2 Å². The summed E-state index contributed by atoms with van der Waals surface area (Å²) in [7, 11) is 1.41. The second-order valence-corrected chi connectivity index (χ2v) is 7.68. The molecule has 4 rings (SSSR count). The number of nitrogens with zero attached hydrogens (tertiary/aromatic N) is 3. The van der Waals surface area contributed by atoms with Crippen LogP contribution >= 0.6 is 0 Å². The first-order valence-electron chi connectivity index (χ1n) is 10.2. The van der Waals surface area contributed by atoms with Crippen LogP contribution in [0.4, 0.5) is 0 Å². The number of hydrogen-bond donors (Lipinski definition) is 0. The van der Waals surface area contributed by atoms with Gasteiger partial charge in [0.05, 0.1) is 12.7 Å². The number of esters is 1. The summed E-state index contributed by atoms with van der Waals surface area (Å²) in [6.45, 7) is 4.14. The fourth-order valence-electron chi connectivity index (χ4n) is 4.03. The predicted octanol–water partition coefficient (Wildman–Crippen LogP) is 4.25. The minimum Gasteiger partial charge on any atom is -0.465 e. The zero-order valence-electron chi connectivity index (χ0n) is 16.8. The predicted molar refractivity (Wildman–Crippen MR) is 113 cm³/mol. The Labute approximate surface area is 171 Å². The van der Waals surface area contributed by atoms with E-state index in [1.54, 1.807) is 0 Å². The molecule has 2 aromatic carbocycles. The Hall–Kier alpha value is -2.92. The van der Waals surface area contributed by atoms with Crippen LogP contribution in [0, 0.1) is 5.92 Å². The van der Waals surface area contributed by atoms with Crippen molar-refractivity contribution < 1.29 is 9.53 Å². The normalized spacial score (nSPS) is 15.3. The maximum Gasteiger partial charge on any atom is 0.337 e. The number of imidazole rings is 1. The SMILES string of the molecule is COC(=O)c1ccc(CN2CCC(Cn3ccnc3-c3ccccc3)CC2)cc1. The Kier molecular flexibility index (Phi) is 6.06. The van der Waals surface area contributed by atoms with Crippen molar-refractivity contribution in [1.82, 2.24) is 14.5 Å². The number of methoxy groups -OCH3 is 1. The number of ether oxygens (including phenoxy) is 1. The van der Waals surface area contributed by atoms with E-state index in [2.05, 4.69) is 44.9 Å². The standard InChI is InChI=1S/C24H27N3O2/c1-29-24(28)22-9-7-19(8-10-22)17-26-14-11-20(12-15-26)18-27-16-13-25-23(27)21-5-3-2-4-6-21/h2-10,13,16,20H,11-12,14-15,17-18H2,1H3. The van der Waals surface area contributed by atoms with Gasteiger partial charge in [0.15, 0.2) is 0 Å². The highest BCUT2D eigenvalue weighted by atomic mass is 16.5. The minimum absolute atomic E-state index is 0.285. The van der Waals surface area contributed by atoms with Gasteiger partial charge in [-0.3, -0.25) is 4.90 Å². The molecule has 5 heteroatoms. The molecule has 0 N–H and O–H groups in total. The van der Waals surface area contributed by atoms with Gasteiger partial charge >= 0.3 is 5.97 Å². The topological polar surface area (TPSA) is 47.4 Å². The lowest BCUT2D eigenvalue weighted by molar-refractivity contribution is 0.0600. The van der Waals surface area contributed by atoms with Crippen LogP contribution in [0.1, 0.15) is 28.8 Å². The first kappa shape index (κ1) is 19.4. The van der Waals surface area contributed by atoms with Crippen molar-refractivity contribution in [2.45, 2.75) is 25.9 Å². The van der Waals surface area contributed by atoms with Crippen LogP contribution < -0.4 is 0 Å². The molecular formula is C24H27N3O2. The maximum atomic E-state index is 11.6. The molecule has 0 aliphatic carbocycles. The first-order valence-corrected chi connectivity index (χ1v) is 10.2. The highest BCUT2D eigenvalue weighted by Gasteiger charge is 2.21. The molecule has 0 bridgehead atoms. The Morgan fingerprint density at radius 1 is 1.07 bits per heavy atom. The molecule has 1 aliphatic rings.